The number of hydrogen-bond donors (Lipinski definition) is 1. The van der Waals surface area contributed by atoms with E-state index in [-0.39, 0.29) is 6.04 Å². The largest absolute Gasteiger partial charge is 0.322 e. The monoisotopic (exact) mass is 267 g/mol. The number of aryl methyl sites for hydroxylation is 1. The van der Waals surface area contributed by atoms with Gasteiger partial charge in [-0.3, -0.25) is 9.67 Å². The van der Waals surface area contributed by atoms with Crippen molar-refractivity contribution < 1.29 is 0 Å². The van der Waals surface area contributed by atoms with Crippen molar-refractivity contribution in [3.8, 4) is 0 Å². The van der Waals surface area contributed by atoms with Gasteiger partial charge >= 0.3 is 0 Å². The SMILES string of the molecule is CCn1ncnc1CC(N)c1ccc2ccccc2n1. The number of hydrogen-bond acceptors (Lipinski definition) is 4. The third kappa shape index (κ3) is 2.40. The molecule has 0 spiro atoms. The van der Waals surface area contributed by atoms with Crippen molar-refractivity contribution in [3.05, 3.63) is 54.2 Å². The van der Waals surface area contributed by atoms with Gasteiger partial charge in [-0.25, -0.2) is 4.98 Å². The van der Waals surface area contributed by atoms with Crippen molar-refractivity contribution in [2.45, 2.75) is 25.9 Å². The molecule has 0 aliphatic heterocycles. The van der Waals surface area contributed by atoms with Crippen molar-refractivity contribution in [2.24, 2.45) is 5.73 Å². The molecule has 0 bridgehead atoms. The Hall–Kier alpha value is -2.27. The molecule has 5 nitrogen and oxygen atoms in total. The number of fused-ring (bicyclic) bond motifs is 1. The third-order valence-corrected chi connectivity index (χ3v) is 3.40. The Balaban J connectivity index is 1.86. The fourth-order valence-electron chi connectivity index (χ4n) is 2.30. The molecular formula is C15H17N5. The van der Waals surface area contributed by atoms with E-state index in [0.717, 1.165) is 29.0 Å². The number of rotatable bonds is 4. The molecule has 2 heterocycles. The summed E-state index contributed by atoms with van der Waals surface area (Å²) in [7, 11) is 0. The Morgan fingerprint density at radius 1 is 1.20 bits per heavy atom. The zero-order valence-corrected chi connectivity index (χ0v) is 11.4. The molecule has 20 heavy (non-hydrogen) atoms. The maximum absolute atomic E-state index is 6.26. The van der Waals surface area contributed by atoms with Crippen LogP contribution < -0.4 is 5.73 Å². The molecule has 2 N–H and O–H groups in total. The molecule has 1 atom stereocenters. The van der Waals surface area contributed by atoms with Crippen LogP contribution in [0.25, 0.3) is 10.9 Å². The summed E-state index contributed by atoms with van der Waals surface area (Å²) in [6.07, 6.45) is 2.21. The van der Waals surface area contributed by atoms with Crippen LogP contribution in [0.2, 0.25) is 0 Å². The quantitative estimate of drug-likeness (QED) is 0.785. The van der Waals surface area contributed by atoms with Crippen molar-refractivity contribution in [3.63, 3.8) is 0 Å². The molecule has 1 aromatic carbocycles. The summed E-state index contributed by atoms with van der Waals surface area (Å²) < 4.78 is 1.86. The van der Waals surface area contributed by atoms with E-state index < -0.39 is 0 Å². The number of benzene rings is 1. The van der Waals surface area contributed by atoms with Crippen molar-refractivity contribution in [2.75, 3.05) is 0 Å². The van der Waals surface area contributed by atoms with E-state index in [1.54, 1.807) is 6.33 Å². The highest BCUT2D eigenvalue weighted by Gasteiger charge is 2.13. The molecule has 1 unspecified atom stereocenters. The second-order valence-corrected chi connectivity index (χ2v) is 4.73. The van der Waals surface area contributed by atoms with Crippen LogP contribution in [0.15, 0.2) is 42.7 Å². The molecule has 5 heteroatoms. The van der Waals surface area contributed by atoms with Gasteiger partial charge in [-0.2, -0.15) is 5.10 Å². The van der Waals surface area contributed by atoms with Crippen LogP contribution >= 0.6 is 0 Å². The van der Waals surface area contributed by atoms with Gasteiger partial charge in [-0.15, -0.1) is 0 Å². The Morgan fingerprint density at radius 2 is 2.05 bits per heavy atom. The minimum Gasteiger partial charge on any atom is -0.322 e. The van der Waals surface area contributed by atoms with Crippen molar-refractivity contribution >= 4 is 10.9 Å². The second-order valence-electron chi connectivity index (χ2n) is 4.73. The number of aromatic nitrogens is 4. The lowest BCUT2D eigenvalue weighted by Crippen LogP contribution is -2.18. The summed E-state index contributed by atoms with van der Waals surface area (Å²) in [6.45, 7) is 2.84. The summed E-state index contributed by atoms with van der Waals surface area (Å²) in [6, 6.07) is 11.9. The van der Waals surface area contributed by atoms with Crippen LogP contribution in [0.3, 0.4) is 0 Å². The Bertz CT molecular complexity index is 719. The van der Waals surface area contributed by atoms with E-state index in [1.807, 2.05) is 41.9 Å². The third-order valence-electron chi connectivity index (χ3n) is 3.40. The Kier molecular flexibility index (Phi) is 3.43. The molecule has 0 aliphatic rings. The molecule has 0 fully saturated rings. The second kappa shape index (κ2) is 5.38. The zero-order chi connectivity index (χ0) is 13.9. The fraction of sp³-hybridized carbons (Fsp3) is 0.267. The lowest BCUT2D eigenvalue weighted by molar-refractivity contribution is 0.576. The maximum Gasteiger partial charge on any atom is 0.138 e. The predicted molar refractivity (Wildman–Crippen MR) is 78.1 cm³/mol. The van der Waals surface area contributed by atoms with Gasteiger partial charge in [0.2, 0.25) is 0 Å². The number of pyridine rings is 1. The van der Waals surface area contributed by atoms with E-state index in [0.29, 0.717) is 6.42 Å². The highest BCUT2D eigenvalue weighted by molar-refractivity contribution is 5.78. The summed E-state index contributed by atoms with van der Waals surface area (Å²) >= 11 is 0. The molecular weight excluding hydrogens is 250 g/mol. The zero-order valence-electron chi connectivity index (χ0n) is 11.4. The average Bonchev–Trinajstić information content (AvgIpc) is 2.94. The van der Waals surface area contributed by atoms with Crippen molar-refractivity contribution in [1.29, 1.82) is 0 Å². The van der Waals surface area contributed by atoms with Gasteiger partial charge in [0.1, 0.15) is 12.2 Å². The van der Waals surface area contributed by atoms with Gasteiger partial charge in [-0.05, 0) is 19.1 Å². The first kappa shape index (κ1) is 12.7. The van der Waals surface area contributed by atoms with Crippen LogP contribution in [-0.2, 0) is 13.0 Å². The Morgan fingerprint density at radius 3 is 2.90 bits per heavy atom. The molecule has 3 rings (SSSR count). The fourth-order valence-corrected chi connectivity index (χ4v) is 2.30. The first-order chi connectivity index (χ1) is 9.78. The van der Waals surface area contributed by atoms with Crippen LogP contribution in [0.4, 0.5) is 0 Å². The minimum atomic E-state index is -0.172. The molecule has 0 saturated heterocycles. The van der Waals surface area contributed by atoms with Gasteiger partial charge in [0.25, 0.3) is 0 Å². The van der Waals surface area contributed by atoms with Gasteiger partial charge in [-0.1, -0.05) is 24.3 Å². The van der Waals surface area contributed by atoms with Gasteiger partial charge in [0, 0.05) is 18.4 Å². The molecule has 3 aromatic rings. The normalized spacial score (nSPS) is 12.7. The molecule has 2 aromatic heterocycles. The minimum absolute atomic E-state index is 0.172. The van der Waals surface area contributed by atoms with E-state index in [2.05, 4.69) is 21.1 Å². The van der Waals surface area contributed by atoms with Crippen LogP contribution in [0.1, 0.15) is 24.5 Å². The summed E-state index contributed by atoms with van der Waals surface area (Å²) in [5.41, 5.74) is 8.11. The van der Waals surface area contributed by atoms with E-state index in [9.17, 15) is 0 Å². The molecule has 102 valence electrons. The Labute approximate surface area is 117 Å². The van der Waals surface area contributed by atoms with Crippen LogP contribution in [-0.4, -0.2) is 19.7 Å². The van der Waals surface area contributed by atoms with Gasteiger partial charge in [0.15, 0.2) is 0 Å². The summed E-state index contributed by atoms with van der Waals surface area (Å²) in [5, 5.41) is 5.29. The highest BCUT2D eigenvalue weighted by Crippen LogP contribution is 2.17. The summed E-state index contributed by atoms with van der Waals surface area (Å²) in [5.74, 6) is 0.898. The standard InChI is InChI=1S/C15H17N5/c1-2-20-15(17-10-18-20)9-12(16)14-8-7-11-5-3-4-6-13(11)19-14/h3-8,10,12H,2,9,16H2,1H3. The van der Waals surface area contributed by atoms with E-state index in [1.165, 1.54) is 0 Å². The molecule has 0 radical (unpaired) electrons. The smallest absolute Gasteiger partial charge is 0.138 e. The van der Waals surface area contributed by atoms with Gasteiger partial charge in [0.05, 0.1) is 17.3 Å². The highest BCUT2D eigenvalue weighted by atomic mass is 15.3. The first-order valence-electron chi connectivity index (χ1n) is 6.76. The lowest BCUT2D eigenvalue weighted by atomic mass is 10.1. The maximum atomic E-state index is 6.26. The van der Waals surface area contributed by atoms with E-state index in [4.69, 9.17) is 5.73 Å². The topological polar surface area (TPSA) is 69.6 Å². The number of nitrogens with two attached hydrogens (primary N) is 1. The first-order valence-corrected chi connectivity index (χ1v) is 6.76. The van der Waals surface area contributed by atoms with Crippen LogP contribution in [0, 0.1) is 0 Å². The van der Waals surface area contributed by atoms with Crippen molar-refractivity contribution in [1.82, 2.24) is 19.7 Å². The molecule has 0 aliphatic carbocycles. The number of para-hydroxylation sites is 1. The number of nitrogens with zero attached hydrogens (tertiary/aromatic N) is 4. The van der Waals surface area contributed by atoms with Gasteiger partial charge < -0.3 is 5.73 Å². The lowest BCUT2D eigenvalue weighted by Gasteiger charge is -2.12. The molecule has 0 saturated carbocycles. The summed E-state index contributed by atoms with van der Waals surface area (Å²) in [4.78, 5) is 8.89. The predicted octanol–water partition coefficient (Wildman–Crippen LogP) is 2.09. The van der Waals surface area contributed by atoms with E-state index >= 15 is 0 Å². The molecule has 0 amide bonds. The average molecular weight is 267 g/mol. The van der Waals surface area contributed by atoms with Crippen LogP contribution in [0.5, 0.6) is 0 Å².